The topological polar surface area (TPSA) is 97.7 Å². The lowest BCUT2D eigenvalue weighted by molar-refractivity contribution is -0.0457. The first-order valence-electron chi connectivity index (χ1n) is 10.2. The predicted octanol–water partition coefficient (Wildman–Crippen LogP) is 3.03. The molecule has 7 nitrogen and oxygen atoms in total. The van der Waals surface area contributed by atoms with Crippen molar-refractivity contribution in [1.29, 1.82) is 0 Å². The highest BCUT2D eigenvalue weighted by Gasteiger charge is 2.35. The molecule has 0 aliphatic carbocycles. The molecular weight excluding hydrogens is 372 g/mol. The van der Waals surface area contributed by atoms with Gasteiger partial charge in [0.25, 0.3) is 0 Å². The largest absolute Gasteiger partial charge is 0.437 e. The minimum Gasteiger partial charge on any atom is -0.437 e. The predicted molar refractivity (Wildman–Crippen MR) is 109 cm³/mol. The molecule has 7 heteroatoms. The Bertz CT molecular complexity index is 1020. The number of furan rings is 1. The lowest BCUT2D eigenvalue weighted by Crippen LogP contribution is -2.27. The third-order valence-corrected chi connectivity index (χ3v) is 5.44. The standard InChI is InChI=1S/C22H26N2O5/c1-2-3-4-5-14-6-8-15(9-7-14)18-10-16-12-24(22(27)23-21(16)29-18)20-11-17(26)19(13-25)28-20/h6-10,12,17,19-20,25-26H,2-5,11,13H2,1H3. The van der Waals surface area contributed by atoms with E-state index in [1.165, 1.54) is 29.4 Å². The van der Waals surface area contributed by atoms with E-state index < -0.39 is 24.1 Å². The Balaban J connectivity index is 1.58. The van der Waals surface area contributed by atoms with E-state index in [0.29, 0.717) is 11.1 Å². The summed E-state index contributed by atoms with van der Waals surface area (Å²) in [7, 11) is 0. The maximum absolute atomic E-state index is 12.4. The summed E-state index contributed by atoms with van der Waals surface area (Å²) in [6, 6.07) is 10.1. The number of benzene rings is 1. The first-order valence-corrected chi connectivity index (χ1v) is 10.2. The summed E-state index contributed by atoms with van der Waals surface area (Å²) >= 11 is 0. The number of aliphatic hydroxyl groups is 2. The molecule has 1 fully saturated rings. The lowest BCUT2D eigenvalue weighted by Gasteiger charge is -2.13. The molecule has 0 bridgehead atoms. The minimum atomic E-state index is -0.816. The minimum absolute atomic E-state index is 0.225. The monoisotopic (exact) mass is 398 g/mol. The molecule has 29 heavy (non-hydrogen) atoms. The molecule has 1 aliphatic rings. The van der Waals surface area contributed by atoms with Gasteiger partial charge in [0.05, 0.1) is 18.1 Å². The average Bonchev–Trinajstić information content (AvgIpc) is 3.30. The van der Waals surface area contributed by atoms with Crippen LogP contribution in [0.5, 0.6) is 0 Å². The van der Waals surface area contributed by atoms with Crippen molar-refractivity contribution in [2.45, 2.75) is 57.5 Å². The van der Waals surface area contributed by atoms with Crippen molar-refractivity contribution in [3.8, 4) is 11.3 Å². The summed E-state index contributed by atoms with van der Waals surface area (Å²) in [5.74, 6) is 0.644. The van der Waals surface area contributed by atoms with Gasteiger partial charge < -0.3 is 19.4 Å². The van der Waals surface area contributed by atoms with Crippen LogP contribution < -0.4 is 5.69 Å². The van der Waals surface area contributed by atoms with Crippen molar-refractivity contribution in [2.24, 2.45) is 0 Å². The van der Waals surface area contributed by atoms with Gasteiger partial charge in [0.2, 0.25) is 5.71 Å². The highest BCUT2D eigenvalue weighted by molar-refractivity contribution is 5.79. The SMILES string of the molecule is CCCCCc1ccc(-c2cc3cn(C4CC(O)C(CO)O4)c(=O)nc3o2)cc1. The molecule has 2 aromatic heterocycles. The molecule has 2 N–H and O–H groups in total. The van der Waals surface area contributed by atoms with Gasteiger partial charge in [-0.1, -0.05) is 44.0 Å². The van der Waals surface area contributed by atoms with Crippen LogP contribution in [0.15, 0.2) is 45.7 Å². The fourth-order valence-corrected chi connectivity index (χ4v) is 3.74. The average molecular weight is 398 g/mol. The molecule has 3 aromatic rings. The van der Waals surface area contributed by atoms with Crippen molar-refractivity contribution >= 4 is 11.1 Å². The van der Waals surface area contributed by atoms with Crippen molar-refractivity contribution < 1.29 is 19.4 Å². The fourth-order valence-electron chi connectivity index (χ4n) is 3.74. The molecule has 0 radical (unpaired) electrons. The zero-order chi connectivity index (χ0) is 20.4. The number of nitrogens with zero attached hydrogens (tertiary/aromatic N) is 2. The number of aliphatic hydroxyl groups excluding tert-OH is 2. The van der Waals surface area contributed by atoms with Gasteiger partial charge in [0.1, 0.15) is 18.1 Å². The Morgan fingerprint density at radius 1 is 1.24 bits per heavy atom. The van der Waals surface area contributed by atoms with E-state index in [0.717, 1.165) is 12.0 Å². The van der Waals surface area contributed by atoms with Crippen LogP contribution in [0, 0.1) is 0 Å². The van der Waals surface area contributed by atoms with Gasteiger partial charge in [-0.25, -0.2) is 4.79 Å². The molecule has 3 unspecified atom stereocenters. The third kappa shape index (κ3) is 4.12. The van der Waals surface area contributed by atoms with Crippen LogP contribution in [0.3, 0.4) is 0 Å². The van der Waals surface area contributed by atoms with Crippen LogP contribution in [0.25, 0.3) is 22.4 Å². The first kappa shape index (κ1) is 19.8. The van der Waals surface area contributed by atoms with Crippen LogP contribution in [-0.2, 0) is 11.2 Å². The molecule has 3 heterocycles. The maximum atomic E-state index is 12.4. The normalized spacial score (nSPS) is 21.8. The Morgan fingerprint density at radius 2 is 2.03 bits per heavy atom. The summed E-state index contributed by atoms with van der Waals surface area (Å²) in [6.45, 7) is 1.90. The molecule has 1 aliphatic heterocycles. The number of hydrogen-bond acceptors (Lipinski definition) is 6. The number of fused-ring (bicyclic) bond motifs is 1. The lowest BCUT2D eigenvalue weighted by atomic mass is 10.0. The molecule has 3 atom stereocenters. The molecule has 0 saturated carbocycles. The molecule has 154 valence electrons. The Morgan fingerprint density at radius 3 is 2.72 bits per heavy atom. The van der Waals surface area contributed by atoms with E-state index in [-0.39, 0.29) is 18.7 Å². The van der Waals surface area contributed by atoms with Crippen LogP contribution in [0.1, 0.15) is 44.4 Å². The molecule has 1 saturated heterocycles. The Kier molecular flexibility index (Phi) is 5.80. The van der Waals surface area contributed by atoms with E-state index in [4.69, 9.17) is 9.15 Å². The van der Waals surface area contributed by atoms with Gasteiger partial charge in [-0.05, 0) is 24.5 Å². The summed E-state index contributed by atoms with van der Waals surface area (Å²) in [4.78, 5) is 16.4. The number of hydrogen-bond donors (Lipinski definition) is 2. The van der Waals surface area contributed by atoms with E-state index in [1.54, 1.807) is 6.20 Å². The second-order valence-corrected chi connectivity index (χ2v) is 7.57. The van der Waals surface area contributed by atoms with Gasteiger partial charge >= 0.3 is 5.69 Å². The van der Waals surface area contributed by atoms with Gasteiger partial charge in [-0.3, -0.25) is 4.57 Å². The second kappa shape index (κ2) is 8.49. The van der Waals surface area contributed by atoms with E-state index in [9.17, 15) is 15.0 Å². The number of unbranched alkanes of at least 4 members (excludes halogenated alkanes) is 2. The van der Waals surface area contributed by atoms with Crippen LogP contribution >= 0.6 is 0 Å². The third-order valence-electron chi connectivity index (χ3n) is 5.44. The van der Waals surface area contributed by atoms with Crippen molar-refractivity contribution in [2.75, 3.05) is 6.61 Å². The second-order valence-electron chi connectivity index (χ2n) is 7.57. The van der Waals surface area contributed by atoms with Crippen LogP contribution in [-0.4, -0.2) is 38.6 Å². The molecule has 4 rings (SSSR count). The van der Waals surface area contributed by atoms with E-state index in [1.807, 2.05) is 18.2 Å². The summed E-state index contributed by atoms with van der Waals surface area (Å²) in [5, 5.41) is 19.9. The number of aryl methyl sites for hydroxylation is 1. The quantitative estimate of drug-likeness (QED) is 0.594. The fraction of sp³-hybridized carbons (Fsp3) is 0.455. The van der Waals surface area contributed by atoms with Crippen LogP contribution in [0.4, 0.5) is 0 Å². The zero-order valence-corrected chi connectivity index (χ0v) is 16.5. The van der Waals surface area contributed by atoms with Gasteiger partial charge in [-0.15, -0.1) is 0 Å². The van der Waals surface area contributed by atoms with Gasteiger partial charge in [0, 0.05) is 18.2 Å². The number of ether oxygens (including phenoxy) is 1. The van der Waals surface area contributed by atoms with Crippen molar-refractivity contribution in [3.05, 3.63) is 52.6 Å². The molecule has 0 amide bonds. The Labute approximate surface area is 168 Å². The summed E-state index contributed by atoms with van der Waals surface area (Å²) < 4.78 is 12.7. The van der Waals surface area contributed by atoms with Crippen LogP contribution in [0.2, 0.25) is 0 Å². The van der Waals surface area contributed by atoms with Gasteiger partial charge in [-0.2, -0.15) is 4.98 Å². The Hall–Kier alpha value is -2.48. The highest BCUT2D eigenvalue weighted by atomic mass is 16.5. The van der Waals surface area contributed by atoms with Crippen molar-refractivity contribution in [1.82, 2.24) is 9.55 Å². The summed E-state index contributed by atoms with van der Waals surface area (Å²) in [5.41, 5.74) is 1.98. The molecule has 1 aromatic carbocycles. The highest BCUT2D eigenvalue weighted by Crippen LogP contribution is 2.30. The number of aromatic nitrogens is 2. The zero-order valence-electron chi connectivity index (χ0n) is 16.5. The molecular formula is C22H26N2O5. The maximum Gasteiger partial charge on any atom is 0.353 e. The first-order chi connectivity index (χ1) is 14.1. The smallest absolute Gasteiger partial charge is 0.353 e. The van der Waals surface area contributed by atoms with E-state index >= 15 is 0 Å². The van der Waals surface area contributed by atoms with E-state index in [2.05, 4.69) is 24.0 Å². The molecule has 0 spiro atoms. The summed E-state index contributed by atoms with van der Waals surface area (Å²) in [6.07, 6.45) is 4.38. The van der Waals surface area contributed by atoms with Crippen molar-refractivity contribution in [3.63, 3.8) is 0 Å². The van der Waals surface area contributed by atoms with Gasteiger partial charge in [0.15, 0.2) is 0 Å². The number of rotatable bonds is 7.